The van der Waals surface area contributed by atoms with E-state index in [1.807, 2.05) is 18.2 Å². The van der Waals surface area contributed by atoms with Crippen LogP contribution in [0.15, 0.2) is 18.2 Å². The summed E-state index contributed by atoms with van der Waals surface area (Å²) in [5, 5.41) is 0.656. The molecular weight excluding hydrogens is 299 g/mol. The maximum absolute atomic E-state index is 6.16. The van der Waals surface area contributed by atoms with E-state index in [9.17, 15) is 0 Å². The summed E-state index contributed by atoms with van der Waals surface area (Å²) in [6.07, 6.45) is 0.894. The maximum Gasteiger partial charge on any atom is 0.124 e. The second-order valence-corrected chi connectivity index (χ2v) is 5.05. The lowest BCUT2D eigenvalue weighted by molar-refractivity contribution is 0.0681. The summed E-state index contributed by atoms with van der Waals surface area (Å²) in [6.45, 7) is 2.74. The van der Waals surface area contributed by atoms with Crippen LogP contribution in [0.25, 0.3) is 11.0 Å². The van der Waals surface area contributed by atoms with Crippen LogP contribution in [0.3, 0.4) is 0 Å². The number of methoxy groups -OCH3 is 1. The van der Waals surface area contributed by atoms with Gasteiger partial charge in [-0.2, -0.15) is 0 Å². The second-order valence-electron chi connectivity index (χ2n) is 4.38. The molecule has 20 heavy (non-hydrogen) atoms. The summed E-state index contributed by atoms with van der Waals surface area (Å²) in [5.74, 6) is 1.21. The lowest BCUT2D eigenvalue weighted by Gasteiger charge is -2.08. The van der Waals surface area contributed by atoms with Crippen molar-refractivity contribution in [2.24, 2.45) is 0 Å². The first-order valence-corrected chi connectivity index (χ1v) is 7.45. The molecule has 0 aliphatic heterocycles. The number of ether oxygens (including phenoxy) is 2. The Labute approximate surface area is 128 Å². The minimum atomic E-state index is 0.371. The molecule has 0 saturated carbocycles. The molecule has 0 amide bonds. The van der Waals surface area contributed by atoms with Crippen LogP contribution in [0, 0.1) is 0 Å². The Balaban J connectivity index is 2.03. The Morgan fingerprint density at radius 3 is 2.85 bits per heavy atom. The lowest BCUT2D eigenvalue weighted by Crippen LogP contribution is -2.08. The molecule has 0 saturated heterocycles. The summed E-state index contributed by atoms with van der Waals surface area (Å²) in [5.41, 5.74) is 1.83. The molecule has 1 heterocycles. The first kappa shape index (κ1) is 15.6. The second kappa shape index (κ2) is 7.84. The van der Waals surface area contributed by atoms with E-state index in [1.165, 1.54) is 0 Å². The van der Waals surface area contributed by atoms with Crippen molar-refractivity contribution in [1.29, 1.82) is 0 Å². The zero-order valence-electron chi connectivity index (χ0n) is 11.4. The first-order valence-electron chi connectivity index (χ1n) is 6.54. The topological polar surface area (TPSA) is 36.3 Å². The number of alkyl halides is 1. The van der Waals surface area contributed by atoms with Gasteiger partial charge >= 0.3 is 0 Å². The molecule has 0 fully saturated rings. The van der Waals surface area contributed by atoms with Crippen LogP contribution >= 0.6 is 23.2 Å². The zero-order chi connectivity index (χ0) is 14.4. The molecule has 0 atom stereocenters. The number of hydrogen-bond acceptors (Lipinski definition) is 3. The Kier molecular flexibility index (Phi) is 6.10. The normalized spacial score (nSPS) is 11.3. The molecule has 0 aliphatic carbocycles. The highest BCUT2D eigenvalue weighted by Crippen LogP contribution is 2.24. The maximum atomic E-state index is 6.16. The van der Waals surface area contributed by atoms with Crippen molar-refractivity contribution in [1.82, 2.24) is 9.55 Å². The van der Waals surface area contributed by atoms with Crippen LogP contribution in [0.5, 0.6) is 0 Å². The summed E-state index contributed by atoms with van der Waals surface area (Å²) in [7, 11) is 1.66. The zero-order valence-corrected chi connectivity index (χ0v) is 13.0. The van der Waals surface area contributed by atoms with Crippen LogP contribution < -0.4 is 0 Å². The van der Waals surface area contributed by atoms with Crippen LogP contribution in [-0.4, -0.2) is 36.5 Å². The first-order chi connectivity index (χ1) is 9.77. The summed E-state index contributed by atoms with van der Waals surface area (Å²) >= 11 is 12.1. The fourth-order valence-electron chi connectivity index (χ4n) is 2.08. The van der Waals surface area contributed by atoms with Gasteiger partial charge in [0, 0.05) is 20.3 Å². The quantitative estimate of drug-likeness (QED) is 0.552. The highest BCUT2D eigenvalue weighted by Gasteiger charge is 2.11. The van der Waals surface area contributed by atoms with Crippen LogP contribution in [0.1, 0.15) is 12.2 Å². The average Bonchev–Trinajstić information content (AvgIpc) is 2.82. The molecule has 0 spiro atoms. The van der Waals surface area contributed by atoms with E-state index in [0.717, 1.165) is 29.8 Å². The summed E-state index contributed by atoms with van der Waals surface area (Å²) < 4.78 is 12.5. The third-order valence-electron chi connectivity index (χ3n) is 3.03. The van der Waals surface area contributed by atoms with E-state index in [4.69, 9.17) is 32.7 Å². The third kappa shape index (κ3) is 3.64. The number of imidazole rings is 1. The van der Waals surface area contributed by atoms with E-state index in [-0.39, 0.29) is 0 Å². The summed E-state index contributed by atoms with van der Waals surface area (Å²) in [6, 6.07) is 5.78. The number of rotatable bonds is 8. The average molecular weight is 317 g/mol. The Hall–Kier alpha value is -0.810. The fourth-order valence-corrected chi connectivity index (χ4v) is 2.50. The molecule has 6 heteroatoms. The SMILES string of the molecule is COCCOCCCn1c(CCl)nc2c(Cl)cccc21. The molecule has 1 aromatic heterocycles. The molecule has 0 radical (unpaired) electrons. The molecule has 2 rings (SSSR count). The Morgan fingerprint density at radius 2 is 2.10 bits per heavy atom. The van der Waals surface area contributed by atoms with Gasteiger partial charge in [0.2, 0.25) is 0 Å². The third-order valence-corrected chi connectivity index (χ3v) is 3.57. The molecule has 0 aliphatic rings. The van der Waals surface area contributed by atoms with E-state index in [0.29, 0.717) is 30.7 Å². The number of nitrogens with zero attached hydrogens (tertiary/aromatic N) is 2. The van der Waals surface area contributed by atoms with Crippen molar-refractivity contribution < 1.29 is 9.47 Å². The Bertz CT molecular complexity index is 557. The van der Waals surface area contributed by atoms with Crippen LogP contribution in [-0.2, 0) is 21.9 Å². The van der Waals surface area contributed by atoms with Gasteiger partial charge in [-0.1, -0.05) is 17.7 Å². The number of halogens is 2. The molecule has 0 N–H and O–H groups in total. The van der Waals surface area contributed by atoms with E-state index >= 15 is 0 Å². The Morgan fingerprint density at radius 1 is 1.25 bits per heavy atom. The molecule has 0 unspecified atom stereocenters. The lowest BCUT2D eigenvalue weighted by atomic mass is 10.3. The van der Waals surface area contributed by atoms with Gasteiger partial charge in [0.15, 0.2) is 0 Å². The highest BCUT2D eigenvalue weighted by atomic mass is 35.5. The monoisotopic (exact) mass is 316 g/mol. The van der Waals surface area contributed by atoms with E-state index in [1.54, 1.807) is 7.11 Å². The van der Waals surface area contributed by atoms with Gasteiger partial charge in [0.1, 0.15) is 11.3 Å². The van der Waals surface area contributed by atoms with E-state index < -0.39 is 0 Å². The van der Waals surface area contributed by atoms with Gasteiger partial charge in [0.05, 0.1) is 29.6 Å². The number of aromatic nitrogens is 2. The predicted octanol–water partition coefficient (Wildman–Crippen LogP) is 3.48. The minimum absolute atomic E-state index is 0.371. The number of hydrogen-bond donors (Lipinski definition) is 0. The van der Waals surface area contributed by atoms with Gasteiger partial charge in [-0.15, -0.1) is 11.6 Å². The number of para-hydroxylation sites is 1. The van der Waals surface area contributed by atoms with Crippen LogP contribution in [0.2, 0.25) is 5.02 Å². The van der Waals surface area contributed by atoms with Crippen molar-refractivity contribution >= 4 is 34.2 Å². The van der Waals surface area contributed by atoms with E-state index in [2.05, 4.69) is 9.55 Å². The van der Waals surface area contributed by atoms with Gasteiger partial charge in [-0.05, 0) is 18.6 Å². The highest BCUT2D eigenvalue weighted by molar-refractivity contribution is 6.34. The molecule has 110 valence electrons. The smallest absolute Gasteiger partial charge is 0.124 e. The fraction of sp³-hybridized carbons (Fsp3) is 0.500. The summed E-state index contributed by atoms with van der Waals surface area (Å²) in [4.78, 5) is 4.50. The molecule has 2 aromatic rings. The van der Waals surface area contributed by atoms with Gasteiger partial charge in [0.25, 0.3) is 0 Å². The van der Waals surface area contributed by atoms with Crippen LogP contribution in [0.4, 0.5) is 0 Å². The molecular formula is C14H18Cl2N2O2. The van der Waals surface area contributed by atoms with Gasteiger partial charge in [-0.3, -0.25) is 0 Å². The number of aryl methyl sites for hydroxylation is 1. The van der Waals surface area contributed by atoms with Crippen molar-refractivity contribution in [3.63, 3.8) is 0 Å². The van der Waals surface area contributed by atoms with Gasteiger partial charge in [-0.25, -0.2) is 4.98 Å². The minimum Gasteiger partial charge on any atom is -0.382 e. The van der Waals surface area contributed by atoms with Crippen molar-refractivity contribution in [3.8, 4) is 0 Å². The van der Waals surface area contributed by atoms with Crippen molar-refractivity contribution in [2.45, 2.75) is 18.8 Å². The van der Waals surface area contributed by atoms with Crippen molar-refractivity contribution in [2.75, 3.05) is 26.9 Å². The predicted molar refractivity (Wildman–Crippen MR) is 81.6 cm³/mol. The standard InChI is InChI=1S/C14H18Cl2N2O2/c1-19-8-9-20-7-3-6-18-12-5-2-4-11(16)14(12)17-13(18)10-15/h2,4-5H,3,6-10H2,1H3. The number of fused-ring (bicyclic) bond motifs is 1. The molecule has 4 nitrogen and oxygen atoms in total. The largest absolute Gasteiger partial charge is 0.382 e. The molecule has 1 aromatic carbocycles. The molecule has 0 bridgehead atoms. The number of benzene rings is 1. The van der Waals surface area contributed by atoms with Crippen molar-refractivity contribution in [3.05, 3.63) is 29.0 Å². The van der Waals surface area contributed by atoms with Gasteiger partial charge < -0.3 is 14.0 Å².